The molecular weight excluding hydrogens is 323 g/mol. The molecular formula is C22H43BO3. The Balaban J connectivity index is 3.91. The molecule has 1 atom stereocenters. The van der Waals surface area contributed by atoms with Gasteiger partial charge < -0.3 is 9.84 Å². The van der Waals surface area contributed by atoms with E-state index in [1.54, 1.807) is 0 Å². The van der Waals surface area contributed by atoms with E-state index < -0.39 is 0 Å². The Morgan fingerprint density at radius 3 is 1.81 bits per heavy atom. The SMILES string of the molecule is [B]CCCC(=O)OC(CCCCCCCCC)CCCCCCCCO. The van der Waals surface area contributed by atoms with Gasteiger partial charge in [0.15, 0.2) is 0 Å². The van der Waals surface area contributed by atoms with Crippen molar-refractivity contribution in [3.63, 3.8) is 0 Å². The summed E-state index contributed by atoms with van der Waals surface area (Å²) < 4.78 is 5.72. The minimum atomic E-state index is -0.0775. The molecule has 0 aromatic carbocycles. The Bertz CT molecular complexity index is 279. The van der Waals surface area contributed by atoms with Gasteiger partial charge >= 0.3 is 5.97 Å². The van der Waals surface area contributed by atoms with E-state index in [1.807, 2.05) is 0 Å². The number of carbonyl (C=O) groups is 1. The Morgan fingerprint density at radius 2 is 1.31 bits per heavy atom. The van der Waals surface area contributed by atoms with Crippen LogP contribution in [0.15, 0.2) is 0 Å². The summed E-state index contributed by atoms with van der Waals surface area (Å²) in [5, 5.41) is 8.79. The van der Waals surface area contributed by atoms with Gasteiger partial charge in [-0.3, -0.25) is 4.79 Å². The van der Waals surface area contributed by atoms with Crippen molar-refractivity contribution >= 4 is 13.8 Å². The van der Waals surface area contributed by atoms with Crippen LogP contribution in [0.5, 0.6) is 0 Å². The lowest BCUT2D eigenvalue weighted by atomic mass is 10.00. The van der Waals surface area contributed by atoms with Crippen LogP contribution in [0.25, 0.3) is 0 Å². The molecule has 0 saturated carbocycles. The first-order valence-electron chi connectivity index (χ1n) is 11.2. The van der Waals surface area contributed by atoms with E-state index in [4.69, 9.17) is 17.7 Å². The zero-order chi connectivity index (χ0) is 19.3. The van der Waals surface area contributed by atoms with Gasteiger partial charge in [-0.2, -0.15) is 0 Å². The van der Waals surface area contributed by atoms with Crippen LogP contribution in [0.3, 0.4) is 0 Å². The number of ether oxygens (including phenoxy) is 1. The smallest absolute Gasteiger partial charge is 0.306 e. The van der Waals surface area contributed by atoms with Crippen LogP contribution in [0.1, 0.15) is 116 Å². The maximum absolute atomic E-state index is 11.9. The molecule has 0 aliphatic carbocycles. The molecule has 0 aliphatic heterocycles. The Hall–Kier alpha value is -0.505. The van der Waals surface area contributed by atoms with E-state index in [0.717, 1.165) is 38.5 Å². The van der Waals surface area contributed by atoms with Crippen LogP contribution in [0.2, 0.25) is 6.32 Å². The molecule has 0 aromatic rings. The average Bonchev–Trinajstić information content (AvgIpc) is 2.64. The minimum Gasteiger partial charge on any atom is -0.462 e. The van der Waals surface area contributed by atoms with Gasteiger partial charge in [-0.05, 0) is 32.1 Å². The molecule has 0 amide bonds. The quantitative estimate of drug-likeness (QED) is 0.160. The summed E-state index contributed by atoms with van der Waals surface area (Å²) in [6, 6.07) is 0. The van der Waals surface area contributed by atoms with E-state index in [0.29, 0.717) is 25.8 Å². The number of hydrogen-bond acceptors (Lipinski definition) is 3. The molecule has 0 aliphatic rings. The van der Waals surface area contributed by atoms with E-state index in [-0.39, 0.29) is 12.1 Å². The summed E-state index contributed by atoms with van der Waals surface area (Å²) in [7, 11) is 5.48. The van der Waals surface area contributed by atoms with Crippen LogP contribution in [-0.2, 0) is 9.53 Å². The summed E-state index contributed by atoms with van der Waals surface area (Å²) >= 11 is 0. The lowest BCUT2D eigenvalue weighted by molar-refractivity contribution is -0.149. The summed E-state index contributed by atoms with van der Waals surface area (Å²) in [5.74, 6) is -0.0775. The third kappa shape index (κ3) is 18.3. The molecule has 0 bridgehead atoms. The fraction of sp³-hybridized carbons (Fsp3) is 0.955. The standard InChI is InChI=1S/C22H43BO3/c1-2-3-4-5-6-9-12-16-21(26-22(25)18-15-19-23)17-13-10-7-8-11-14-20-24/h21,24H,2-20H2,1H3. The molecule has 0 heterocycles. The second kappa shape index (κ2) is 20.8. The number of rotatable bonds is 20. The molecule has 152 valence electrons. The molecule has 0 spiro atoms. The highest BCUT2D eigenvalue weighted by molar-refractivity contribution is 6.08. The van der Waals surface area contributed by atoms with Crippen molar-refractivity contribution in [3.05, 3.63) is 0 Å². The van der Waals surface area contributed by atoms with Gasteiger partial charge in [0.05, 0.1) is 7.85 Å². The zero-order valence-corrected chi connectivity index (χ0v) is 17.4. The first-order valence-corrected chi connectivity index (χ1v) is 11.2. The Labute approximate surface area is 164 Å². The molecule has 0 aromatic heterocycles. The van der Waals surface area contributed by atoms with Gasteiger partial charge in [0.25, 0.3) is 0 Å². The monoisotopic (exact) mass is 366 g/mol. The molecule has 26 heavy (non-hydrogen) atoms. The minimum absolute atomic E-state index is 0.0775. The van der Waals surface area contributed by atoms with Crippen molar-refractivity contribution in [2.24, 2.45) is 0 Å². The molecule has 0 saturated heterocycles. The van der Waals surface area contributed by atoms with Crippen molar-refractivity contribution in [1.29, 1.82) is 0 Å². The molecule has 1 N–H and O–H groups in total. The summed E-state index contributed by atoms with van der Waals surface area (Å²) in [6.45, 7) is 2.55. The van der Waals surface area contributed by atoms with E-state index >= 15 is 0 Å². The number of aliphatic hydroxyl groups excluding tert-OH is 1. The summed E-state index contributed by atoms with van der Waals surface area (Å²) in [5.41, 5.74) is 0. The third-order valence-corrected chi connectivity index (χ3v) is 4.95. The number of aliphatic hydroxyl groups is 1. The fourth-order valence-electron chi connectivity index (χ4n) is 3.27. The van der Waals surface area contributed by atoms with Gasteiger partial charge in [0.2, 0.25) is 0 Å². The average molecular weight is 366 g/mol. The van der Waals surface area contributed by atoms with Gasteiger partial charge in [-0.15, -0.1) is 0 Å². The van der Waals surface area contributed by atoms with E-state index in [2.05, 4.69) is 6.92 Å². The largest absolute Gasteiger partial charge is 0.462 e. The first-order chi connectivity index (χ1) is 12.7. The van der Waals surface area contributed by atoms with E-state index in [9.17, 15) is 4.79 Å². The van der Waals surface area contributed by atoms with Gasteiger partial charge in [-0.25, -0.2) is 0 Å². The number of esters is 1. The van der Waals surface area contributed by atoms with Crippen LogP contribution in [-0.4, -0.2) is 31.6 Å². The van der Waals surface area contributed by atoms with Crippen LogP contribution >= 0.6 is 0 Å². The van der Waals surface area contributed by atoms with Crippen molar-refractivity contribution in [2.45, 2.75) is 129 Å². The zero-order valence-electron chi connectivity index (χ0n) is 17.4. The third-order valence-electron chi connectivity index (χ3n) is 4.95. The predicted molar refractivity (Wildman–Crippen MR) is 112 cm³/mol. The maximum Gasteiger partial charge on any atom is 0.306 e. The van der Waals surface area contributed by atoms with Crippen molar-refractivity contribution in [3.8, 4) is 0 Å². The van der Waals surface area contributed by atoms with Crippen LogP contribution in [0.4, 0.5) is 0 Å². The highest BCUT2D eigenvalue weighted by atomic mass is 16.5. The fourth-order valence-corrected chi connectivity index (χ4v) is 3.27. The highest BCUT2D eigenvalue weighted by Crippen LogP contribution is 2.18. The van der Waals surface area contributed by atoms with Gasteiger partial charge in [0.1, 0.15) is 6.10 Å². The van der Waals surface area contributed by atoms with Crippen LogP contribution in [0, 0.1) is 0 Å². The maximum atomic E-state index is 11.9. The first kappa shape index (κ1) is 25.5. The molecule has 4 heteroatoms. The normalized spacial score (nSPS) is 12.2. The topological polar surface area (TPSA) is 46.5 Å². The molecule has 2 radical (unpaired) electrons. The Kier molecular flexibility index (Phi) is 20.4. The van der Waals surface area contributed by atoms with E-state index in [1.165, 1.54) is 57.8 Å². The lowest BCUT2D eigenvalue weighted by Gasteiger charge is -2.18. The molecule has 0 fully saturated rings. The second-order valence-electron chi connectivity index (χ2n) is 7.55. The molecule has 0 rings (SSSR count). The van der Waals surface area contributed by atoms with Crippen molar-refractivity contribution < 1.29 is 14.6 Å². The number of carbonyl (C=O) groups excluding carboxylic acids is 1. The predicted octanol–water partition coefficient (Wildman–Crippen LogP) is 6.13. The highest BCUT2D eigenvalue weighted by Gasteiger charge is 2.13. The van der Waals surface area contributed by atoms with Crippen molar-refractivity contribution in [1.82, 2.24) is 0 Å². The van der Waals surface area contributed by atoms with Crippen molar-refractivity contribution in [2.75, 3.05) is 6.61 Å². The molecule has 1 unspecified atom stereocenters. The summed E-state index contributed by atoms with van der Waals surface area (Å²) in [6.07, 6.45) is 19.6. The number of hydrogen-bond donors (Lipinski definition) is 1. The van der Waals surface area contributed by atoms with Gasteiger partial charge in [-0.1, -0.05) is 83.9 Å². The van der Waals surface area contributed by atoms with Gasteiger partial charge in [0, 0.05) is 13.0 Å². The van der Waals surface area contributed by atoms with Crippen LogP contribution < -0.4 is 0 Å². The second-order valence-corrected chi connectivity index (χ2v) is 7.55. The summed E-state index contributed by atoms with van der Waals surface area (Å²) in [4.78, 5) is 11.9. The Morgan fingerprint density at radius 1 is 0.808 bits per heavy atom. The number of unbranched alkanes of at least 4 members (excludes halogenated alkanes) is 11. The lowest BCUT2D eigenvalue weighted by Crippen LogP contribution is -2.18. The molecule has 3 nitrogen and oxygen atoms in total.